The van der Waals surface area contributed by atoms with Gasteiger partial charge in [0.1, 0.15) is 23.4 Å². The molecule has 0 radical (unpaired) electrons. The van der Waals surface area contributed by atoms with Gasteiger partial charge in [0.25, 0.3) is 0 Å². The van der Waals surface area contributed by atoms with Crippen molar-refractivity contribution >= 4 is 17.7 Å². The molecule has 4 aromatic rings. The van der Waals surface area contributed by atoms with Gasteiger partial charge in [0.05, 0.1) is 26.2 Å². The number of benzene rings is 1. The number of ether oxygens (including phenoxy) is 2. The number of aromatic nitrogens is 5. The van der Waals surface area contributed by atoms with Crippen LogP contribution in [0.1, 0.15) is 24.4 Å². The number of imidazole rings is 1. The van der Waals surface area contributed by atoms with Gasteiger partial charge in [0.15, 0.2) is 16.7 Å². The minimum Gasteiger partial charge on any atom is -0.497 e. The Balaban J connectivity index is 1.54. The highest BCUT2D eigenvalue weighted by Gasteiger charge is 2.23. The quantitative estimate of drug-likeness (QED) is 0.343. The highest BCUT2D eigenvalue weighted by molar-refractivity contribution is 7.99. The molecule has 0 spiro atoms. The van der Waals surface area contributed by atoms with Gasteiger partial charge in [-0.2, -0.15) is 0 Å². The highest BCUT2D eigenvalue weighted by atomic mass is 32.2. The van der Waals surface area contributed by atoms with Crippen LogP contribution in [-0.4, -0.2) is 50.2 Å². The van der Waals surface area contributed by atoms with E-state index in [1.165, 1.54) is 11.8 Å². The summed E-state index contributed by atoms with van der Waals surface area (Å²) in [5.74, 6) is 3.17. The first kappa shape index (κ1) is 23.4. The van der Waals surface area contributed by atoms with Crippen LogP contribution in [-0.2, 0) is 18.4 Å². The Hall–Kier alpha value is -3.73. The number of nitrogens with one attached hydrogen (secondary N) is 1. The maximum absolute atomic E-state index is 13.0. The molecule has 0 saturated heterocycles. The van der Waals surface area contributed by atoms with Gasteiger partial charge in [-0.25, -0.2) is 4.98 Å². The lowest BCUT2D eigenvalue weighted by Gasteiger charge is -2.20. The van der Waals surface area contributed by atoms with Crippen molar-refractivity contribution in [3.63, 3.8) is 0 Å². The van der Waals surface area contributed by atoms with Crippen molar-refractivity contribution in [2.24, 2.45) is 7.05 Å². The summed E-state index contributed by atoms with van der Waals surface area (Å²) in [7, 11) is 5.06. The van der Waals surface area contributed by atoms with Crippen LogP contribution in [0.15, 0.2) is 58.6 Å². The summed E-state index contributed by atoms with van der Waals surface area (Å²) >= 11 is 1.31. The van der Waals surface area contributed by atoms with Crippen molar-refractivity contribution < 1.29 is 18.7 Å². The SMILES string of the molecule is CCn1c(SCC(=O)NC(c2cc(OC)cc(OC)c2)c2nccn2C)nnc1-c1ccco1. The van der Waals surface area contributed by atoms with E-state index >= 15 is 0 Å². The van der Waals surface area contributed by atoms with Crippen molar-refractivity contribution in [1.29, 1.82) is 0 Å². The molecular formula is C23H26N6O4S. The van der Waals surface area contributed by atoms with E-state index < -0.39 is 6.04 Å². The number of carbonyl (C=O) groups excluding carboxylic acids is 1. The van der Waals surface area contributed by atoms with Gasteiger partial charge in [0, 0.05) is 32.1 Å². The van der Waals surface area contributed by atoms with Gasteiger partial charge in [-0.1, -0.05) is 11.8 Å². The molecule has 0 aliphatic heterocycles. The summed E-state index contributed by atoms with van der Waals surface area (Å²) in [5, 5.41) is 12.2. The second kappa shape index (κ2) is 10.5. The molecule has 0 aliphatic rings. The van der Waals surface area contributed by atoms with E-state index in [-0.39, 0.29) is 11.7 Å². The molecule has 1 amide bonds. The number of thioether (sulfide) groups is 1. The third kappa shape index (κ3) is 4.93. The zero-order valence-corrected chi connectivity index (χ0v) is 20.2. The molecule has 3 aromatic heterocycles. The van der Waals surface area contributed by atoms with Gasteiger partial charge < -0.3 is 23.8 Å². The number of hydrogen-bond donors (Lipinski definition) is 1. The molecule has 1 unspecified atom stereocenters. The molecule has 178 valence electrons. The van der Waals surface area contributed by atoms with Gasteiger partial charge in [0.2, 0.25) is 5.91 Å². The number of amides is 1. The zero-order valence-electron chi connectivity index (χ0n) is 19.4. The average molecular weight is 483 g/mol. The number of methoxy groups -OCH3 is 2. The van der Waals surface area contributed by atoms with Crippen LogP contribution < -0.4 is 14.8 Å². The first-order valence-electron chi connectivity index (χ1n) is 10.6. The molecule has 1 aromatic carbocycles. The lowest BCUT2D eigenvalue weighted by atomic mass is 10.0. The molecule has 10 nitrogen and oxygen atoms in total. The Morgan fingerprint density at radius 3 is 2.56 bits per heavy atom. The maximum Gasteiger partial charge on any atom is 0.231 e. The lowest BCUT2D eigenvalue weighted by molar-refractivity contribution is -0.119. The number of rotatable bonds is 10. The second-order valence-electron chi connectivity index (χ2n) is 7.36. The molecule has 0 aliphatic carbocycles. The van der Waals surface area contributed by atoms with E-state index in [0.29, 0.717) is 40.6 Å². The standard InChI is InChI=1S/C23H26N6O4S/c1-5-29-21(18-7-6-10-33-18)26-27-23(29)34-14-19(30)25-20(22-24-8-9-28(22)2)15-11-16(31-3)13-17(12-15)32-4/h6-13,20H,5,14H2,1-4H3,(H,25,30). The molecule has 11 heteroatoms. The van der Waals surface area contributed by atoms with Crippen LogP contribution in [0, 0.1) is 0 Å². The molecule has 34 heavy (non-hydrogen) atoms. The molecular weight excluding hydrogens is 456 g/mol. The fourth-order valence-electron chi connectivity index (χ4n) is 3.55. The minimum atomic E-state index is -0.500. The van der Waals surface area contributed by atoms with E-state index in [9.17, 15) is 4.79 Å². The first-order chi connectivity index (χ1) is 16.5. The smallest absolute Gasteiger partial charge is 0.231 e. The zero-order chi connectivity index (χ0) is 24.1. The summed E-state index contributed by atoms with van der Waals surface area (Å²) in [5.41, 5.74) is 0.792. The van der Waals surface area contributed by atoms with E-state index in [4.69, 9.17) is 13.9 Å². The third-order valence-electron chi connectivity index (χ3n) is 5.24. The van der Waals surface area contributed by atoms with Crippen molar-refractivity contribution in [2.75, 3.05) is 20.0 Å². The van der Waals surface area contributed by atoms with Crippen LogP contribution in [0.3, 0.4) is 0 Å². The molecule has 3 heterocycles. The Labute approximate surface area is 201 Å². The highest BCUT2D eigenvalue weighted by Crippen LogP contribution is 2.30. The Kier molecular flexibility index (Phi) is 7.21. The average Bonchev–Trinajstić information content (AvgIpc) is 3.61. The summed E-state index contributed by atoms with van der Waals surface area (Å²) in [6.07, 6.45) is 5.12. The summed E-state index contributed by atoms with van der Waals surface area (Å²) < 4.78 is 20.1. The monoisotopic (exact) mass is 482 g/mol. The Bertz CT molecular complexity index is 1230. The van der Waals surface area contributed by atoms with Crippen molar-refractivity contribution in [3.05, 3.63) is 60.4 Å². The second-order valence-corrected chi connectivity index (χ2v) is 8.30. The molecule has 0 bridgehead atoms. The summed E-state index contributed by atoms with van der Waals surface area (Å²) in [4.78, 5) is 17.5. The number of hydrogen-bond acceptors (Lipinski definition) is 8. The fraction of sp³-hybridized carbons (Fsp3) is 0.304. The van der Waals surface area contributed by atoms with Crippen molar-refractivity contribution in [1.82, 2.24) is 29.6 Å². The van der Waals surface area contributed by atoms with Crippen molar-refractivity contribution in [2.45, 2.75) is 24.7 Å². The largest absolute Gasteiger partial charge is 0.497 e. The van der Waals surface area contributed by atoms with Crippen LogP contribution in [0.2, 0.25) is 0 Å². The van der Waals surface area contributed by atoms with Crippen LogP contribution in [0.4, 0.5) is 0 Å². The van der Waals surface area contributed by atoms with Crippen LogP contribution >= 0.6 is 11.8 Å². The Morgan fingerprint density at radius 2 is 1.97 bits per heavy atom. The molecule has 1 atom stereocenters. The van der Waals surface area contributed by atoms with Crippen LogP contribution in [0.5, 0.6) is 11.5 Å². The van der Waals surface area contributed by atoms with E-state index in [1.807, 2.05) is 47.5 Å². The van der Waals surface area contributed by atoms with E-state index in [0.717, 1.165) is 5.56 Å². The predicted molar refractivity (Wildman–Crippen MR) is 127 cm³/mol. The predicted octanol–water partition coefficient (Wildman–Crippen LogP) is 3.31. The van der Waals surface area contributed by atoms with Crippen LogP contribution in [0.25, 0.3) is 11.6 Å². The molecule has 0 saturated carbocycles. The first-order valence-corrected chi connectivity index (χ1v) is 11.6. The van der Waals surface area contributed by atoms with E-state index in [2.05, 4.69) is 20.5 Å². The van der Waals surface area contributed by atoms with Gasteiger partial charge in [-0.15, -0.1) is 10.2 Å². The maximum atomic E-state index is 13.0. The minimum absolute atomic E-state index is 0.151. The Morgan fingerprint density at radius 1 is 1.21 bits per heavy atom. The number of nitrogens with zero attached hydrogens (tertiary/aromatic N) is 5. The molecule has 4 rings (SSSR count). The summed E-state index contributed by atoms with van der Waals surface area (Å²) in [6.45, 7) is 2.64. The van der Waals surface area contributed by atoms with Gasteiger partial charge in [-0.05, 0) is 36.8 Å². The van der Waals surface area contributed by atoms with Crippen molar-refractivity contribution in [3.8, 4) is 23.1 Å². The topological polar surface area (TPSA) is 109 Å². The number of aryl methyl sites for hydroxylation is 1. The normalized spacial score (nSPS) is 11.9. The van der Waals surface area contributed by atoms with Gasteiger partial charge in [-0.3, -0.25) is 9.36 Å². The molecule has 1 N–H and O–H groups in total. The van der Waals surface area contributed by atoms with Gasteiger partial charge >= 0.3 is 0 Å². The molecule has 0 fully saturated rings. The van der Waals surface area contributed by atoms with E-state index in [1.54, 1.807) is 38.8 Å². The number of carbonyl (C=O) groups is 1. The third-order valence-corrected chi connectivity index (χ3v) is 6.20. The summed E-state index contributed by atoms with van der Waals surface area (Å²) in [6, 6.07) is 8.63. The number of furan rings is 1. The fourth-order valence-corrected chi connectivity index (χ4v) is 4.36. The lowest BCUT2D eigenvalue weighted by Crippen LogP contribution is -2.32.